The monoisotopic (exact) mass is 529 g/mol. The molecule has 38 heavy (non-hydrogen) atoms. The van der Waals surface area contributed by atoms with Crippen LogP contribution in [0.25, 0.3) is 0 Å². The van der Waals surface area contributed by atoms with Crippen LogP contribution in [0.2, 0.25) is 0 Å². The van der Waals surface area contributed by atoms with Gasteiger partial charge >= 0.3 is 11.9 Å². The van der Waals surface area contributed by atoms with E-state index in [4.69, 9.17) is 9.47 Å². The number of benzene rings is 1. The molecule has 2 fully saturated rings. The fourth-order valence-electron chi connectivity index (χ4n) is 5.75. The first-order valence-corrected chi connectivity index (χ1v) is 15.0. The number of hydrogen-bond donors (Lipinski definition) is 2. The standard InChI is InChI=1S/C32H51NO5/c1-22-8-6-10-24(14-12-22)18-30(35)37-28-17-16-26(27(34)21-33-32(3,4)5)20-29(28)38-31(36)19-25-11-7-9-23(2)13-15-25/h16-17,20,22-25,27,33-34H,6-15,18-19,21H2,1-5H3. The molecule has 214 valence electrons. The molecule has 3 rings (SSSR count). The van der Waals surface area contributed by atoms with Crippen LogP contribution < -0.4 is 14.8 Å². The molecule has 0 radical (unpaired) electrons. The number of aliphatic hydroxyl groups excluding tert-OH is 1. The van der Waals surface area contributed by atoms with Crippen molar-refractivity contribution in [2.45, 2.75) is 123 Å². The Morgan fingerprint density at radius 1 is 0.842 bits per heavy atom. The first-order valence-electron chi connectivity index (χ1n) is 15.0. The molecule has 0 aliphatic heterocycles. The number of aliphatic hydroxyl groups is 1. The molecule has 5 unspecified atom stereocenters. The number of hydrogen-bond acceptors (Lipinski definition) is 6. The largest absolute Gasteiger partial charge is 0.423 e. The summed E-state index contributed by atoms with van der Waals surface area (Å²) in [5.41, 5.74) is 0.475. The molecule has 0 spiro atoms. The maximum Gasteiger partial charge on any atom is 0.311 e. The molecule has 6 heteroatoms. The van der Waals surface area contributed by atoms with Gasteiger partial charge in [-0.2, -0.15) is 0 Å². The first-order chi connectivity index (χ1) is 18.0. The number of nitrogens with one attached hydrogen (secondary N) is 1. The Hall–Kier alpha value is -1.92. The molecular formula is C32H51NO5. The van der Waals surface area contributed by atoms with Gasteiger partial charge in [-0.3, -0.25) is 9.59 Å². The second-order valence-electron chi connectivity index (χ2n) is 13.2. The van der Waals surface area contributed by atoms with E-state index in [2.05, 4.69) is 19.2 Å². The lowest BCUT2D eigenvalue weighted by Gasteiger charge is -2.23. The van der Waals surface area contributed by atoms with Gasteiger partial charge in [0.2, 0.25) is 0 Å². The summed E-state index contributed by atoms with van der Waals surface area (Å²) in [6.07, 6.45) is 11.1. The molecule has 5 atom stereocenters. The second-order valence-corrected chi connectivity index (χ2v) is 13.2. The van der Waals surface area contributed by atoms with E-state index in [1.807, 2.05) is 20.8 Å². The van der Waals surface area contributed by atoms with Crippen molar-refractivity contribution in [2.75, 3.05) is 6.54 Å². The number of rotatable bonds is 9. The van der Waals surface area contributed by atoms with E-state index in [0.29, 0.717) is 48.6 Å². The maximum atomic E-state index is 13.0. The predicted octanol–water partition coefficient (Wildman–Crippen LogP) is 7.13. The van der Waals surface area contributed by atoms with Crippen molar-refractivity contribution in [2.24, 2.45) is 23.7 Å². The van der Waals surface area contributed by atoms with Crippen molar-refractivity contribution in [1.29, 1.82) is 0 Å². The molecule has 6 nitrogen and oxygen atoms in total. The lowest BCUT2D eigenvalue weighted by Crippen LogP contribution is -2.38. The van der Waals surface area contributed by atoms with Crippen LogP contribution in [0.3, 0.4) is 0 Å². The van der Waals surface area contributed by atoms with Gasteiger partial charge in [-0.15, -0.1) is 0 Å². The highest BCUT2D eigenvalue weighted by Gasteiger charge is 2.24. The lowest BCUT2D eigenvalue weighted by molar-refractivity contribution is -0.138. The zero-order valence-electron chi connectivity index (χ0n) is 24.4. The molecule has 2 aliphatic carbocycles. The van der Waals surface area contributed by atoms with Crippen LogP contribution in [0.5, 0.6) is 11.5 Å². The Morgan fingerprint density at radius 3 is 1.89 bits per heavy atom. The summed E-state index contributed by atoms with van der Waals surface area (Å²) in [5.74, 6) is 1.94. The lowest BCUT2D eigenvalue weighted by atomic mass is 9.96. The molecule has 2 saturated carbocycles. The van der Waals surface area contributed by atoms with Crippen molar-refractivity contribution in [3.8, 4) is 11.5 Å². The highest BCUT2D eigenvalue weighted by molar-refractivity contribution is 5.76. The van der Waals surface area contributed by atoms with E-state index in [-0.39, 0.29) is 29.0 Å². The van der Waals surface area contributed by atoms with E-state index < -0.39 is 6.10 Å². The molecule has 0 bridgehead atoms. The van der Waals surface area contributed by atoms with Gasteiger partial charge in [0, 0.05) is 24.9 Å². The molecule has 0 heterocycles. The van der Waals surface area contributed by atoms with Crippen LogP contribution in [0.15, 0.2) is 18.2 Å². The average Bonchev–Trinajstić information content (AvgIpc) is 3.17. The minimum atomic E-state index is -0.784. The summed E-state index contributed by atoms with van der Waals surface area (Å²) in [4.78, 5) is 25.9. The molecule has 2 aliphatic rings. The zero-order chi connectivity index (χ0) is 27.7. The highest BCUT2D eigenvalue weighted by atomic mass is 16.6. The van der Waals surface area contributed by atoms with Gasteiger partial charge in [0.05, 0.1) is 6.10 Å². The van der Waals surface area contributed by atoms with Gasteiger partial charge < -0.3 is 19.9 Å². The van der Waals surface area contributed by atoms with Crippen molar-refractivity contribution >= 4 is 11.9 Å². The normalized spacial score (nSPS) is 25.6. The Labute approximate surface area is 230 Å². The van der Waals surface area contributed by atoms with Gasteiger partial charge in [0.1, 0.15) is 0 Å². The summed E-state index contributed by atoms with van der Waals surface area (Å²) >= 11 is 0. The quantitative estimate of drug-likeness (QED) is 0.201. The van der Waals surface area contributed by atoms with Crippen LogP contribution in [0, 0.1) is 23.7 Å². The molecule has 0 amide bonds. The van der Waals surface area contributed by atoms with Crippen molar-refractivity contribution in [1.82, 2.24) is 5.32 Å². The Bertz CT molecular complexity index is 908. The number of carbonyl (C=O) groups excluding carboxylic acids is 2. The third-order valence-corrected chi connectivity index (χ3v) is 8.29. The van der Waals surface area contributed by atoms with E-state index in [0.717, 1.165) is 51.4 Å². The summed E-state index contributed by atoms with van der Waals surface area (Å²) < 4.78 is 11.6. The van der Waals surface area contributed by atoms with Crippen LogP contribution >= 0.6 is 0 Å². The van der Waals surface area contributed by atoms with Crippen LogP contribution in [-0.4, -0.2) is 29.1 Å². The number of β-amino-alcohol motifs (C(OH)–C–C–N with tert-alkyl or cyclic N) is 1. The highest BCUT2D eigenvalue weighted by Crippen LogP contribution is 2.35. The van der Waals surface area contributed by atoms with Gasteiger partial charge in [0.15, 0.2) is 11.5 Å². The van der Waals surface area contributed by atoms with Crippen molar-refractivity contribution in [3.63, 3.8) is 0 Å². The summed E-state index contributed by atoms with van der Waals surface area (Å²) in [5, 5.41) is 14.1. The molecular weight excluding hydrogens is 478 g/mol. The molecule has 0 saturated heterocycles. The molecule has 1 aromatic rings. The topological polar surface area (TPSA) is 84.9 Å². The van der Waals surface area contributed by atoms with Gasteiger partial charge in [0.25, 0.3) is 0 Å². The van der Waals surface area contributed by atoms with E-state index in [1.54, 1.807) is 18.2 Å². The molecule has 2 N–H and O–H groups in total. The molecule has 1 aromatic carbocycles. The van der Waals surface area contributed by atoms with E-state index >= 15 is 0 Å². The summed E-state index contributed by atoms with van der Waals surface area (Å²) in [6, 6.07) is 5.05. The number of esters is 2. The van der Waals surface area contributed by atoms with Crippen LogP contribution in [0.1, 0.15) is 123 Å². The SMILES string of the molecule is CC1CCCC(CC(=O)Oc2ccc(C(O)CNC(C)(C)C)cc2OC(=O)CC2CCCC(C)CC2)CC1. The average molecular weight is 530 g/mol. The maximum absolute atomic E-state index is 13.0. The first kappa shape index (κ1) is 30.6. The van der Waals surface area contributed by atoms with E-state index in [9.17, 15) is 14.7 Å². The Balaban J connectivity index is 1.70. The zero-order valence-corrected chi connectivity index (χ0v) is 24.4. The second kappa shape index (κ2) is 14.5. The fraction of sp³-hybridized carbons (Fsp3) is 0.750. The van der Waals surface area contributed by atoms with Gasteiger partial charge in [-0.1, -0.05) is 58.4 Å². The van der Waals surface area contributed by atoms with Crippen molar-refractivity contribution < 1.29 is 24.2 Å². The molecule has 0 aromatic heterocycles. The van der Waals surface area contributed by atoms with Crippen LogP contribution in [0.4, 0.5) is 0 Å². The minimum absolute atomic E-state index is 0.141. The summed E-state index contributed by atoms with van der Waals surface area (Å²) in [7, 11) is 0. The third kappa shape index (κ3) is 10.7. The van der Waals surface area contributed by atoms with E-state index in [1.165, 1.54) is 12.8 Å². The Morgan fingerprint density at radius 2 is 1.37 bits per heavy atom. The summed E-state index contributed by atoms with van der Waals surface area (Å²) in [6.45, 7) is 11.0. The van der Waals surface area contributed by atoms with Crippen LogP contribution in [-0.2, 0) is 9.59 Å². The smallest absolute Gasteiger partial charge is 0.311 e. The third-order valence-electron chi connectivity index (χ3n) is 8.29. The van der Waals surface area contributed by atoms with Gasteiger partial charge in [-0.05, 0) is 87.8 Å². The fourth-order valence-corrected chi connectivity index (χ4v) is 5.75. The van der Waals surface area contributed by atoms with Crippen molar-refractivity contribution in [3.05, 3.63) is 23.8 Å². The number of carbonyl (C=O) groups is 2. The van der Waals surface area contributed by atoms with Gasteiger partial charge in [-0.25, -0.2) is 0 Å². The Kier molecular flexibility index (Phi) is 11.7. The predicted molar refractivity (Wildman–Crippen MR) is 151 cm³/mol. The minimum Gasteiger partial charge on any atom is -0.423 e. The number of ether oxygens (including phenoxy) is 2.